The van der Waals surface area contributed by atoms with Gasteiger partial charge in [-0.1, -0.05) is 44.2 Å². The molecule has 0 radical (unpaired) electrons. The topological polar surface area (TPSA) is 21.3 Å². The first-order valence-electron chi connectivity index (χ1n) is 5.15. The monoisotopic (exact) mass is 195 g/mol. The van der Waals surface area contributed by atoms with Crippen LogP contribution in [0.2, 0.25) is 0 Å². The van der Waals surface area contributed by atoms with E-state index in [1.54, 1.807) is 7.11 Å². The molecule has 0 fully saturated rings. The predicted molar refractivity (Wildman–Crippen MR) is 61.1 cm³/mol. The second-order valence-electron chi connectivity index (χ2n) is 2.91. The largest absolute Gasteiger partial charge is 0.305 e. The van der Waals surface area contributed by atoms with Crippen molar-refractivity contribution in [3.05, 3.63) is 35.9 Å². The van der Waals surface area contributed by atoms with Crippen molar-refractivity contribution >= 4 is 0 Å². The van der Waals surface area contributed by atoms with Crippen molar-refractivity contribution in [2.75, 3.05) is 7.11 Å². The molecule has 0 bridgehead atoms. The van der Waals surface area contributed by atoms with Gasteiger partial charge in [-0.05, 0) is 18.9 Å². The Labute approximate surface area is 87.2 Å². The highest BCUT2D eigenvalue weighted by Gasteiger charge is 2.00. The molecule has 2 nitrogen and oxygen atoms in total. The molecule has 2 heteroatoms. The van der Waals surface area contributed by atoms with Crippen LogP contribution < -0.4 is 5.48 Å². The smallest absolute Gasteiger partial charge is 0.0572 e. The average molecular weight is 195 g/mol. The molecule has 0 heterocycles. The van der Waals surface area contributed by atoms with Crippen LogP contribution in [0.4, 0.5) is 0 Å². The number of hydrogen-bond acceptors (Lipinski definition) is 2. The number of hydrogen-bond donors (Lipinski definition) is 1. The zero-order chi connectivity index (χ0) is 10.8. The second kappa shape index (κ2) is 8.73. The number of benzene rings is 1. The van der Waals surface area contributed by atoms with Crippen molar-refractivity contribution in [3.63, 3.8) is 0 Å². The number of rotatable bonds is 4. The highest BCUT2D eigenvalue weighted by Crippen LogP contribution is 2.02. The van der Waals surface area contributed by atoms with Gasteiger partial charge in [0, 0.05) is 6.04 Å². The van der Waals surface area contributed by atoms with E-state index >= 15 is 0 Å². The fourth-order valence-electron chi connectivity index (χ4n) is 1.21. The van der Waals surface area contributed by atoms with Crippen LogP contribution in [0.1, 0.15) is 26.3 Å². The minimum atomic E-state index is 0.359. The molecule has 0 aromatic heterocycles. The summed E-state index contributed by atoms with van der Waals surface area (Å²) in [4.78, 5) is 4.83. The molecule has 1 atom stereocenters. The van der Waals surface area contributed by atoms with E-state index in [4.69, 9.17) is 4.84 Å². The first-order valence-corrected chi connectivity index (χ1v) is 5.15. The Morgan fingerprint density at radius 3 is 2.29 bits per heavy atom. The first kappa shape index (κ1) is 13.1. The van der Waals surface area contributed by atoms with Crippen molar-refractivity contribution in [2.45, 2.75) is 33.2 Å². The maximum atomic E-state index is 4.83. The van der Waals surface area contributed by atoms with Gasteiger partial charge in [-0.15, -0.1) is 0 Å². The average Bonchev–Trinajstić information content (AvgIpc) is 2.22. The zero-order valence-corrected chi connectivity index (χ0v) is 9.58. The Morgan fingerprint density at radius 2 is 1.79 bits per heavy atom. The molecular weight excluding hydrogens is 174 g/mol. The molecule has 1 aromatic rings. The summed E-state index contributed by atoms with van der Waals surface area (Å²) in [5, 5.41) is 0. The van der Waals surface area contributed by atoms with Gasteiger partial charge in [-0.25, -0.2) is 0 Å². The Hall–Kier alpha value is -0.860. The van der Waals surface area contributed by atoms with Crippen molar-refractivity contribution in [1.29, 1.82) is 0 Å². The number of nitrogens with one attached hydrogen (secondary N) is 1. The van der Waals surface area contributed by atoms with Crippen molar-refractivity contribution < 1.29 is 4.84 Å². The molecule has 0 saturated heterocycles. The Morgan fingerprint density at radius 1 is 1.21 bits per heavy atom. The quantitative estimate of drug-likeness (QED) is 0.746. The second-order valence-corrected chi connectivity index (χ2v) is 2.91. The van der Waals surface area contributed by atoms with E-state index in [0.29, 0.717) is 6.04 Å². The van der Waals surface area contributed by atoms with Crippen LogP contribution in [-0.2, 0) is 11.3 Å². The van der Waals surface area contributed by atoms with Crippen LogP contribution in [0.15, 0.2) is 30.3 Å². The zero-order valence-electron chi connectivity index (χ0n) is 9.58. The van der Waals surface area contributed by atoms with Gasteiger partial charge >= 0.3 is 0 Å². The van der Waals surface area contributed by atoms with Crippen molar-refractivity contribution in [1.82, 2.24) is 5.48 Å². The molecule has 80 valence electrons. The molecule has 0 aliphatic heterocycles. The third kappa shape index (κ3) is 5.73. The normalized spacial score (nSPS) is 11.4. The summed E-state index contributed by atoms with van der Waals surface area (Å²) in [6, 6.07) is 10.7. The van der Waals surface area contributed by atoms with Gasteiger partial charge in [0.2, 0.25) is 0 Å². The Balaban J connectivity index is 0.000000791. The highest BCUT2D eigenvalue weighted by molar-refractivity contribution is 5.15. The molecule has 0 aliphatic carbocycles. The van der Waals surface area contributed by atoms with Crippen LogP contribution in [0.5, 0.6) is 0 Å². The van der Waals surface area contributed by atoms with Crippen molar-refractivity contribution in [2.24, 2.45) is 0 Å². The summed E-state index contributed by atoms with van der Waals surface area (Å²) in [7, 11) is 1.64. The Kier molecular flexibility index (Phi) is 8.19. The van der Waals surface area contributed by atoms with Gasteiger partial charge in [0.1, 0.15) is 0 Å². The van der Waals surface area contributed by atoms with Crippen LogP contribution >= 0.6 is 0 Å². The van der Waals surface area contributed by atoms with Crippen LogP contribution in [0.3, 0.4) is 0 Å². The molecule has 1 rings (SSSR count). The third-order valence-electron chi connectivity index (χ3n) is 1.70. The maximum absolute atomic E-state index is 4.83. The maximum Gasteiger partial charge on any atom is 0.0572 e. The van der Waals surface area contributed by atoms with E-state index in [2.05, 4.69) is 36.7 Å². The molecule has 1 unspecified atom stereocenters. The van der Waals surface area contributed by atoms with E-state index in [0.717, 1.165) is 6.42 Å². The fraction of sp³-hybridized carbons (Fsp3) is 0.500. The molecule has 1 N–H and O–H groups in total. The van der Waals surface area contributed by atoms with Gasteiger partial charge in [-0.2, -0.15) is 5.48 Å². The van der Waals surface area contributed by atoms with Gasteiger partial charge < -0.3 is 4.84 Å². The molecule has 1 aromatic carbocycles. The molecule has 14 heavy (non-hydrogen) atoms. The lowest BCUT2D eigenvalue weighted by molar-refractivity contribution is 0.0661. The molecule has 0 spiro atoms. The summed E-state index contributed by atoms with van der Waals surface area (Å²) in [6.45, 7) is 6.09. The molecule has 0 saturated carbocycles. The summed E-state index contributed by atoms with van der Waals surface area (Å²) in [5.41, 5.74) is 4.22. The lowest BCUT2D eigenvalue weighted by Gasteiger charge is -2.10. The fourth-order valence-corrected chi connectivity index (χ4v) is 1.21. The molecule has 0 aliphatic rings. The van der Waals surface area contributed by atoms with E-state index in [-0.39, 0.29) is 0 Å². The van der Waals surface area contributed by atoms with Gasteiger partial charge in [-0.3, -0.25) is 0 Å². The number of hydroxylamine groups is 1. The standard InChI is InChI=1S/C10H15NO.C2H6/c1-9(11-12-2)8-10-6-4-3-5-7-10;1-2/h3-7,9,11H,8H2,1-2H3;1-2H3. The van der Waals surface area contributed by atoms with Gasteiger partial charge in [0.25, 0.3) is 0 Å². The van der Waals surface area contributed by atoms with Gasteiger partial charge in [0.15, 0.2) is 0 Å². The van der Waals surface area contributed by atoms with E-state index < -0.39 is 0 Å². The lowest BCUT2D eigenvalue weighted by atomic mass is 10.1. The van der Waals surface area contributed by atoms with E-state index in [1.165, 1.54) is 5.56 Å². The third-order valence-corrected chi connectivity index (χ3v) is 1.70. The lowest BCUT2D eigenvalue weighted by Crippen LogP contribution is -2.26. The Bertz CT molecular complexity index is 211. The molecule has 0 amide bonds. The highest BCUT2D eigenvalue weighted by atomic mass is 16.6. The summed E-state index contributed by atoms with van der Waals surface area (Å²) in [6.07, 6.45) is 0.995. The minimum absolute atomic E-state index is 0.359. The summed E-state index contributed by atoms with van der Waals surface area (Å²) in [5.74, 6) is 0. The summed E-state index contributed by atoms with van der Waals surface area (Å²) >= 11 is 0. The summed E-state index contributed by atoms with van der Waals surface area (Å²) < 4.78 is 0. The van der Waals surface area contributed by atoms with Crippen LogP contribution in [0, 0.1) is 0 Å². The molecular formula is C12H21NO. The van der Waals surface area contributed by atoms with Gasteiger partial charge in [0.05, 0.1) is 7.11 Å². The van der Waals surface area contributed by atoms with Crippen molar-refractivity contribution in [3.8, 4) is 0 Å². The van der Waals surface area contributed by atoms with E-state index in [9.17, 15) is 0 Å². The minimum Gasteiger partial charge on any atom is -0.305 e. The van der Waals surface area contributed by atoms with E-state index in [1.807, 2.05) is 19.9 Å². The first-order chi connectivity index (χ1) is 6.83. The van der Waals surface area contributed by atoms with Crippen LogP contribution in [0.25, 0.3) is 0 Å². The predicted octanol–water partition coefficient (Wildman–Crippen LogP) is 2.79. The SMILES string of the molecule is CC.CONC(C)Cc1ccccc1. The van der Waals surface area contributed by atoms with Crippen LogP contribution in [-0.4, -0.2) is 13.2 Å².